The minimum atomic E-state index is -0.161. The Labute approximate surface area is 67.5 Å². The molecule has 2 rings (SSSR count). The molecule has 1 atom stereocenters. The van der Waals surface area contributed by atoms with Crippen molar-refractivity contribution in [1.82, 2.24) is 4.90 Å². The zero-order valence-electron chi connectivity index (χ0n) is 6.79. The van der Waals surface area contributed by atoms with Crippen molar-refractivity contribution in [3.05, 3.63) is 11.8 Å². The summed E-state index contributed by atoms with van der Waals surface area (Å²) in [4.78, 5) is 2.41. The first-order valence-corrected chi connectivity index (χ1v) is 4.50. The lowest BCUT2D eigenvalue weighted by Gasteiger charge is -2.17. The smallest absolute Gasteiger partial charge is 0.0744 e. The molecule has 0 saturated carbocycles. The summed E-state index contributed by atoms with van der Waals surface area (Å²) in [5, 5.41) is 9.26. The third-order valence-electron chi connectivity index (χ3n) is 2.59. The Morgan fingerprint density at radius 3 is 2.64 bits per heavy atom. The Bertz CT molecular complexity index is 170. The zero-order valence-corrected chi connectivity index (χ0v) is 6.79. The maximum Gasteiger partial charge on any atom is 0.0744 e. The van der Waals surface area contributed by atoms with E-state index in [1.54, 1.807) is 0 Å². The standard InChI is InChI=1S/C9H15NO/c11-9-4-3-8(7-9)10-5-1-2-6-10/h7,9,11H,1-6H2. The van der Waals surface area contributed by atoms with Gasteiger partial charge in [-0.1, -0.05) is 0 Å². The van der Waals surface area contributed by atoms with Crippen molar-refractivity contribution in [3.8, 4) is 0 Å². The molecular formula is C9H15NO. The maximum absolute atomic E-state index is 9.26. The summed E-state index contributed by atoms with van der Waals surface area (Å²) in [5.74, 6) is 0. The first kappa shape index (κ1) is 7.17. The average molecular weight is 153 g/mol. The summed E-state index contributed by atoms with van der Waals surface area (Å²) in [5.41, 5.74) is 1.38. The van der Waals surface area contributed by atoms with Crippen LogP contribution in [0.25, 0.3) is 0 Å². The molecule has 0 aromatic carbocycles. The molecule has 11 heavy (non-hydrogen) atoms. The van der Waals surface area contributed by atoms with E-state index < -0.39 is 0 Å². The van der Waals surface area contributed by atoms with E-state index in [0.717, 1.165) is 12.8 Å². The van der Waals surface area contributed by atoms with Crippen LogP contribution in [0.5, 0.6) is 0 Å². The number of likely N-dealkylation sites (tertiary alicyclic amines) is 1. The quantitative estimate of drug-likeness (QED) is 0.610. The van der Waals surface area contributed by atoms with E-state index in [0.29, 0.717) is 0 Å². The molecule has 0 radical (unpaired) electrons. The van der Waals surface area contributed by atoms with Gasteiger partial charge in [-0.25, -0.2) is 0 Å². The second kappa shape index (κ2) is 2.86. The molecule has 0 amide bonds. The van der Waals surface area contributed by atoms with Gasteiger partial charge in [0.1, 0.15) is 0 Å². The lowest BCUT2D eigenvalue weighted by atomic mass is 10.3. The van der Waals surface area contributed by atoms with Crippen LogP contribution in [0.3, 0.4) is 0 Å². The minimum absolute atomic E-state index is 0.161. The fourth-order valence-electron chi connectivity index (χ4n) is 1.95. The van der Waals surface area contributed by atoms with Crippen LogP contribution in [0.2, 0.25) is 0 Å². The molecule has 1 heterocycles. The molecule has 62 valence electrons. The van der Waals surface area contributed by atoms with Gasteiger partial charge >= 0.3 is 0 Å². The number of allylic oxidation sites excluding steroid dienone is 1. The maximum atomic E-state index is 9.26. The molecule has 2 nitrogen and oxygen atoms in total. The van der Waals surface area contributed by atoms with Gasteiger partial charge in [-0.15, -0.1) is 0 Å². The Hall–Kier alpha value is -0.500. The number of aliphatic hydroxyl groups excluding tert-OH is 1. The van der Waals surface area contributed by atoms with Crippen LogP contribution in [-0.4, -0.2) is 29.2 Å². The first-order chi connectivity index (χ1) is 5.36. The molecule has 0 bridgehead atoms. The largest absolute Gasteiger partial charge is 0.389 e. The van der Waals surface area contributed by atoms with Gasteiger partial charge in [0.05, 0.1) is 6.10 Å². The monoisotopic (exact) mass is 153 g/mol. The van der Waals surface area contributed by atoms with Crippen LogP contribution in [0.15, 0.2) is 11.8 Å². The third-order valence-corrected chi connectivity index (χ3v) is 2.59. The molecular weight excluding hydrogens is 138 g/mol. The number of hydrogen-bond acceptors (Lipinski definition) is 2. The predicted molar refractivity (Wildman–Crippen MR) is 44.1 cm³/mol. The van der Waals surface area contributed by atoms with Crippen molar-refractivity contribution in [2.45, 2.75) is 31.8 Å². The fraction of sp³-hybridized carbons (Fsp3) is 0.778. The summed E-state index contributed by atoms with van der Waals surface area (Å²) in [6, 6.07) is 0. The lowest BCUT2D eigenvalue weighted by Crippen LogP contribution is -2.16. The molecule has 0 aromatic heterocycles. The van der Waals surface area contributed by atoms with Crippen LogP contribution >= 0.6 is 0 Å². The highest BCUT2D eigenvalue weighted by Crippen LogP contribution is 2.25. The van der Waals surface area contributed by atoms with E-state index in [1.165, 1.54) is 31.6 Å². The van der Waals surface area contributed by atoms with E-state index in [2.05, 4.69) is 4.90 Å². The predicted octanol–water partition coefficient (Wildman–Crippen LogP) is 1.12. The lowest BCUT2D eigenvalue weighted by molar-refractivity contribution is 0.223. The number of hydrogen-bond donors (Lipinski definition) is 1. The van der Waals surface area contributed by atoms with Gasteiger partial charge in [0.25, 0.3) is 0 Å². The summed E-state index contributed by atoms with van der Waals surface area (Å²) in [7, 11) is 0. The Morgan fingerprint density at radius 2 is 2.09 bits per heavy atom. The van der Waals surface area contributed by atoms with Crippen LogP contribution in [0.4, 0.5) is 0 Å². The topological polar surface area (TPSA) is 23.5 Å². The van der Waals surface area contributed by atoms with Gasteiger partial charge in [-0.05, 0) is 31.8 Å². The summed E-state index contributed by atoms with van der Waals surface area (Å²) in [6.45, 7) is 2.41. The van der Waals surface area contributed by atoms with E-state index in [1.807, 2.05) is 6.08 Å². The Morgan fingerprint density at radius 1 is 1.36 bits per heavy atom. The van der Waals surface area contributed by atoms with Gasteiger partial charge < -0.3 is 10.0 Å². The summed E-state index contributed by atoms with van der Waals surface area (Å²) >= 11 is 0. The van der Waals surface area contributed by atoms with Crippen molar-refractivity contribution in [1.29, 1.82) is 0 Å². The first-order valence-electron chi connectivity index (χ1n) is 4.50. The van der Waals surface area contributed by atoms with Crippen molar-refractivity contribution in [3.63, 3.8) is 0 Å². The second-order valence-corrected chi connectivity index (χ2v) is 3.46. The molecule has 1 fully saturated rings. The highest BCUT2D eigenvalue weighted by molar-refractivity contribution is 5.11. The molecule has 1 N–H and O–H groups in total. The molecule has 1 aliphatic carbocycles. The number of nitrogens with zero attached hydrogens (tertiary/aromatic N) is 1. The Balaban J connectivity index is 1.98. The van der Waals surface area contributed by atoms with Gasteiger partial charge in [0.15, 0.2) is 0 Å². The SMILES string of the molecule is OC1C=C(N2CCCC2)CC1. The van der Waals surface area contributed by atoms with Gasteiger partial charge in [0, 0.05) is 18.8 Å². The van der Waals surface area contributed by atoms with E-state index >= 15 is 0 Å². The minimum Gasteiger partial charge on any atom is -0.389 e. The van der Waals surface area contributed by atoms with E-state index in [-0.39, 0.29) is 6.10 Å². The Kier molecular flexibility index (Phi) is 1.86. The van der Waals surface area contributed by atoms with E-state index in [9.17, 15) is 5.11 Å². The molecule has 2 aliphatic rings. The van der Waals surface area contributed by atoms with Crippen molar-refractivity contribution < 1.29 is 5.11 Å². The fourth-order valence-corrected chi connectivity index (χ4v) is 1.95. The third kappa shape index (κ3) is 1.41. The molecule has 1 saturated heterocycles. The van der Waals surface area contributed by atoms with Crippen molar-refractivity contribution in [2.24, 2.45) is 0 Å². The van der Waals surface area contributed by atoms with Crippen LogP contribution < -0.4 is 0 Å². The van der Waals surface area contributed by atoms with E-state index in [4.69, 9.17) is 0 Å². The molecule has 1 unspecified atom stereocenters. The number of rotatable bonds is 1. The zero-order chi connectivity index (χ0) is 7.68. The van der Waals surface area contributed by atoms with Crippen molar-refractivity contribution in [2.75, 3.05) is 13.1 Å². The molecule has 0 spiro atoms. The van der Waals surface area contributed by atoms with Crippen LogP contribution in [0, 0.1) is 0 Å². The van der Waals surface area contributed by atoms with Gasteiger partial charge in [-0.2, -0.15) is 0 Å². The summed E-state index contributed by atoms with van der Waals surface area (Å²) < 4.78 is 0. The molecule has 2 heteroatoms. The summed E-state index contributed by atoms with van der Waals surface area (Å²) in [6.07, 6.45) is 6.53. The highest BCUT2D eigenvalue weighted by atomic mass is 16.3. The second-order valence-electron chi connectivity index (χ2n) is 3.46. The van der Waals surface area contributed by atoms with Crippen LogP contribution in [-0.2, 0) is 0 Å². The van der Waals surface area contributed by atoms with Crippen LogP contribution in [0.1, 0.15) is 25.7 Å². The van der Waals surface area contributed by atoms with Crippen molar-refractivity contribution >= 4 is 0 Å². The molecule has 0 aromatic rings. The normalized spacial score (nSPS) is 31.2. The average Bonchev–Trinajstić information content (AvgIpc) is 2.55. The number of aliphatic hydroxyl groups is 1. The van der Waals surface area contributed by atoms with Gasteiger partial charge in [0.2, 0.25) is 0 Å². The highest BCUT2D eigenvalue weighted by Gasteiger charge is 2.20. The molecule has 1 aliphatic heterocycles. The van der Waals surface area contributed by atoms with Gasteiger partial charge in [-0.3, -0.25) is 0 Å².